The van der Waals surface area contributed by atoms with Crippen LogP contribution in [0.1, 0.15) is 12.5 Å². The van der Waals surface area contributed by atoms with Crippen LogP contribution in [-0.4, -0.2) is 30.7 Å². The molecule has 0 fully saturated rings. The van der Waals surface area contributed by atoms with E-state index in [1.165, 1.54) is 20.5 Å². The molecule has 0 amide bonds. The molecule has 1 aromatic rings. The van der Waals surface area contributed by atoms with Gasteiger partial charge in [0.15, 0.2) is 0 Å². The fourth-order valence-electron chi connectivity index (χ4n) is 1.74. The first-order valence-corrected chi connectivity index (χ1v) is 7.50. The maximum Gasteiger partial charge on any atom is 0.136 e. The molecule has 0 aliphatic carbocycles. The Balaban J connectivity index is 3.42. The molecule has 18 heavy (non-hydrogen) atoms. The molecule has 2 atom stereocenters. The minimum absolute atomic E-state index is 0.0172. The average molecular weight is 272 g/mol. The third kappa shape index (κ3) is 3.36. The van der Waals surface area contributed by atoms with Crippen LogP contribution in [0.4, 0.5) is 0 Å². The zero-order valence-corrected chi connectivity index (χ0v) is 12.0. The molecule has 0 saturated heterocycles. The monoisotopic (exact) mass is 272 g/mol. The van der Waals surface area contributed by atoms with Crippen LogP contribution in [0, 0.1) is 4.78 Å². The van der Waals surface area contributed by atoms with Crippen molar-refractivity contribution in [3.63, 3.8) is 0 Å². The Kier molecular flexibility index (Phi) is 4.59. The van der Waals surface area contributed by atoms with Crippen LogP contribution >= 0.6 is 0 Å². The second kappa shape index (κ2) is 5.58. The van der Waals surface area contributed by atoms with Gasteiger partial charge in [-0.1, -0.05) is 0 Å². The van der Waals surface area contributed by atoms with Crippen molar-refractivity contribution in [2.24, 2.45) is 5.73 Å². The minimum Gasteiger partial charge on any atom is -0.496 e. The van der Waals surface area contributed by atoms with E-state index in [9.17, 15) is 4.21 Å². The normalized spacial score (nSPS) is 15.8. The molecule has 0 aliphatic rings. The Labute approximate surface area is 108 Å². The van der Waals surface area contributed by atoms with E-state index < -0.39 is 9.73 Å². The molecule has 5 nitrogen and oxygen atoms in total. The van der Waals surface area contributed by atoms with Gasteiger partial charge >= 0.3 is 0 Å². The molecule has 0 bridgehead atoms. The summed E-state index contributed by atoms with van der Waals surface area (Å²) in [6, 6.07) is 3.33. The summed E-state index contributed by atoms with van der Waals surface area (Å²) in [6.45, 7) is 1.90. The number of rotatable bonds is 5. The lowest BCUT2D eigenvalue weighted by Crippen LogP contribution is -2.18. The molecule has 1 aromatic carbocycles. The third-order valence-electron chi connectivity index (χ3n) is 2.53. The SMILES string of the molecule is COc1cc(S(C)(=N)=O)c(OC)cc1C[C@@H](C)N. The van der Waals surface area contributed by atoms with Crippen molar-refractivity contribution in [2.45, 2.75) is 24.3 Å². The summed E-state index contributed by atoms with van der Waals surface area (Å²) in [5.41, 5.74) is 6.66. The van der Waals surface area contributed by atoms with E-state index in [1.54, 1.807) is 12.1 Å². The van der Waals surface area contributed by atoms with Gasteiger partial charge in [-0.3, -0.25) is 0 Å². The van der Waals surface area contributed by atoms with Crippen LogP contribution in [0.2, 0.25) is 0 Å². The molecule has 3 N–H and O–H groups in total. The van der Waals surface area contributed by atoms with Crippen molar-refractivity contribution >= 4 is 9.73 Å². The predicted octanol–water partition coefficient (Wildman–Crippen LogP) is 1.63. The number of hydrogen-bond donors (Lipinski definition) is 2. The molecule has 0 aliphatic heterocycles. The van der Waals surface area contributed by atoms with E-state index in [4.69, 9.17) is 20.0 Å². The highest BCUT2D eigenvalue weighted by atomic mass is 32.2. The molecular weight excluding hydrogens is 252 g/mol. The van der Waals surface area contributed by atoms with Crippen LogP contribution in [-0.2, 0) is 16.1 Å². The van der Waals surface area contributed by atoms with Gasteiger partial charge in [-0.2, -0.15) is 0 Å². The molecule has 6 heteroatoms. The van der Waals surface area contributed by atoms with Gasteiger partial charge in [-0.05, 0) is 25.0 Å². The summed E-state index contributed by atoms with van der Waals surface area (Å²) >= 11 is 0. The minimum atomic E-state index is -2.86. The highest BCUT2D eigenvalue weighted by Crippen LogP contribution is 2.32. The van der Waals surface area contributed by atoms with E-state index >= 15 is 0 Å². The average Bonchev–Trinajstić information content (AvgIpc) is 2.26. The summed E-state index contributed by atoms with van der Waals surface area (Å²) in [7, 11) is 0.172. The number of nitrogens with one attached hydrogen (secondary N) is 1. The van der Waals surface area contributed by atoms with E-state index in [-0.39, 0.29) is 6.04 Å². The first kappa shape index (κ1) is 14.8. The van der Waals surface area contributed by atoms with Crippen molar-refractivity contribution in [2.75, 3.05) is 20.5 Å². The topological polar surface area (TPSA) is 85.4 Å². The second-order valence-electron chi connectivity index (χ2n) is 4.34. The van der Waals surface area contributed by atoms with E-state index in [1.807, 2.05) is 6.92 Å². The summed E-state index contributed by atoms with van der Waals surface area (Å²) in [6.07, 6.45) is 1.98. The standard InChI is InChI=1S/C12H20N2O3S/c1-8(13)5-9-6-11(17-3)12(18(4,14)15)7-10(9)16-2/h6-8,14H,5,13H2,1-4H3/t8-,18?/m1/s1. The molecule has 1 rings (SSSR count). The largest absolute Gasteiger partial charge is 0.496 e. The van der Waals surface area contributed by atoms with Gasteiger partial charge in [0, 0.05) is 18.4 Å². The van der Waals surface area contributed by atoms with E-state index in [0.717, 1.165) is 5.56 Å². The number of ether oxygens (including phenoxy) is 2. The molecule has 0 heterocycles. The van der Waals surface area contributed by atoms with Gasteiger partial charge in [0.2, 0.25) is 0 Å². The Morgan fingerprint density at radius 3 is 2.28 bits per heavy atom. The summed E-state index contributed by atoms with van der Waals surface area (Å²) < 4.78 is 30.0. The van der Waals surface area contributed by atoms with Crippen molar-refractivity contribution in [1.29, 1.82) is 4.78 Å². The van der Waals surface area contributed by atoms with Gasteiger partial charge in [-0.25, -0.2) is 8.99 Å². The smallest absolute Gasteiger partial charge is 0.136 e. The lowest BCUT2D eigenvalue weighted by molar-refractivity contribution is 0.388. The fraction of sp³-hybridized carbons (Fsp3) is 0.500. The van der Waals surface area contributed by atoms with Gasteiger partial charge in [0.25, 0.3) is 0 Å². The number of methoxy groups -OCH3 is 2. The summed E-state index contributed by atoms with van der Waals surface area (Å²) in [5, 5.41) is 0. The highest BCUT2D eigenvalue weighted by Gasteiger charge is 2.17. The molecule has 0 radical (unpaired) electrons. The summed E-state index contributed by atoms with van der Waals surface area (Å²) in [4.78, 5) is 0.343. The Morgan fingerprint density at radius 1 is 1.33 bits per heavy atom. The maximum atomic E-state index is 11.9. The first-order chi connectivity index (χ1) is 8.29. The van der Waals surface area contributed by atoms with Gasteiger partial charge in [-0.15, -0.1) is 0 Å². The fourth-order valence-corrected chi connectivity index (χ4v) is 2.60. The van der Waals surface area contributed by atoms with Crippen LogP contribution in [0.15, 0.2) is 17.0 Å². The zero-order chi connectivity index (χ0) is 13.9. The number of hydrogen-bond acceptors (Lipinski definition) is 5. The number of nitrogens with two attached hydrogens (primary N) is 1. The second-order valence-corrected chi connectivity index (χ2v) is 6.47. The molecule has 102 valence electrons. The molecule has 0 saturated carbocycles. The number of benzene rings is 1. The van der Waals surface area contributed by atoms with Crippen LogP contribution in [0.3, 0.4) is 0 Å². The van der Waals surface area contributed by atoms with E-state index in [2.05, 4.69) is 0 Å². The quantitative estimate of drug-likeness (QED) is 0.853. The van der Waals surface area contributed by atoms with Crippen molar-refractivity contribution < 1.29 is 13.7 Å². The van der Waals surface area contributed by atoms with Crippen molar-refractivity contribution in [3.05, 3.63) is 17.7 Å². The van der Waals surface area contributed by atoms with Gasteiger partial charge in [0.1, 0.15) is 11.5 Å². The molecular formula is C12H20N2O3S. The predicted molar refractivity (Wildman–Crippen MR) is 72.0 cm³/mol. The lowest BCUT2D eigenvalue weighted by Gasteiger charge is -2.16. The van der Waals surface area contributed by atoms with E-state index in [0.29, 0.717) is 22.8 Å². The van der Waals surface area contributed by atoms with Gasteiger partial charge in [0.05, 0.1) is 28.8 Å². The third-order valence-corrected chi connectivity index (χ3v) is 3.69. The Bertz CT molecular complexity index is 524. The van der Waals surface area contributed by atoms with Gasteiger partial charge < -0.3 is 15.2 Å². The Morgan fingerprint density at radius 2 is 1.89 bits per heavy atom. The van der Waals surface area contributed by atoms with Crippen LogP contribution in [0.5, 0.6) is 11.5 Å². The van der Waals surface area contributed by atoms with Crippen LogP contribution in [0.25, 0.3) is 0 Å². The highest BCUT2D eigenvalue weighted by molar-refractivity contribution is 7.91. The van der Waals surface area contributed by atoms with Crippen molar-refractivity contribution in [1.82, 2.24) is 0 Å². The lowest BCUT2D eigenvalue weighted by atomic mass is 10.1. The first-order valence-electron chi connectivity index (χ1n) is 5.54. The molecule has 0 aromatic heterocycles. The Hall–Kier alpha value is -1.27. The van der Waals surface area contributed by atoms with Crippen molar-refractivity contribution in [3.8, 4) is 11.5 Å². The maximum absolute atomic E-state index is 11.9. The molecule has 0 spiro atoms. The molecule has 1 unspecified atom stereocenters. The van der Waals surface area contributed by atoms with Crippen LogP contribution < -0.4 is 15.2 Å². The zero-order valence-electron chi connectivity index (χ0n) is 11.1. The summed E-state index contributed by atoms with van der Waals surface area (Å²) in [5.74, 6) is 1.03.